The lowest BCUT2D eigenvalue weighted by molar-refractivity contribution is 0.169. The monoisotopic (exact) mass is 205 g/mol. The molecule has 0 atom stereocenters. The molecule has 3 nitrogen and oxygen atoms in total. The Bertz CT molecular complexity index is 349. The quantitative estimate of drug-likeness (QED) is 0.600. The maximum absolute atomic E-state index is 5.59. The zero-order valence-electron chi connectivity index (χ0n) is 8.66. The van der Waals surface area contributed by atoms with Crippen molar-refractivity contribution in [2.45, 2.75) is 6.54 Å². The van der Waals surface area contributed by atoms with Crippen LogP contribution >= 0.6 is 0 Å². The highest BCUT2D eigenvalue weighted by molar-refractivity contribution is 5.47. The third-order valence-electron chi connectivity index (χ3n) is 2.25. The van der Waals surface area contributed by atoms with Gasteiger partial charge in [-0.2, -0.15) is 0 Å². The van der Waals surface area contributed by atoms with Gasteiger partial charge >= 0.3 is 0 Å². The van der Waals surface area contributed by atoms with E-state index in [1.165, 1.54) is 0 Å². The number of nitrogens with one attached hydrogen (secondary N) is 1. The van der Waals surface area contributed by atoms with Gasteiger partial charge in [-0.3, -0.25) is 0 Å². The van der Waals surface area contributed by atoms with E-state index in [0.717, 1.165) is 30.2 Å². The first kappa shape index (κ1) is 10.1. The predicted molar refractivity (Wildman–Crippen MR) is 59.3 cm³/mol. The second-order valence-electron chi connectivity index (χ2n) is 3.36. The van der Waals surface area contributed by atoms with Gasteiger partial charge in [0.1, 0.15) is 13.2 Å². The normalized spacial score (nSPS) is 13.6. The third kappa shape index (κ3) is 2.30. The van der Waals surface area contributed by atoms with Crippen molar-refractivity contribution in [1.29, 1.82) is 0 Å². The van der Waals surface area contributed by atoms with Crippen molar-refractivity contribution in [1.82, 2.24) is 5.32 Å². The molecule has 15 heavy (non-hydrogen) atoms. The second-order valence-corrected chi connectivity index (χ2v) is 3.36. The molecule has 1 N–H and O–H groups in total. The lowest BCUT2D eigenvalue weighted by atomic mass is 10.1. The molecular formula is C12H15NO2. The van der Waals surface area contributed by atoms with Crippen molar-refractivity contribution in [3.8, 4) is 11.5 Å². The Labute approximate surface area is 89.7 Å². The highest BCUT2D eigenvalue weighted by Gasteiger charge is 2.14. The van der Waals surface area contributed by atoms with E-state index in [-0.39, 0.29) is 0 Å². The van der Waals surface area contributed by atoms with Crippen LogP contribution in [0, 0.1) is 0 Å². The van der Waals surface area contributed by atoms with Gasteiger partial charge in [-0.05, 0) is 6.07 Å². The van der Waals surface area contributed by atoms with Crippen LogP contribution in [0.25, 0.3) is 0 Å². The minimum absolute atomic E-state index is 0.630. The number of rotatable bonds is 4. The highest BCUT2D eigenvalue weighted by atomic mass is 16.6. The van der Waals surface area contributed by atoms with Crippen molar-refractivity contribution in [2.75, 3.05) is 19.8 Å². The van der Waals surface area contributed by atoms with Crippen LogP contribution in [0.3, 0.4) is 0 Å². The minimum atomic E-state index is 0.630. The van der Waals surface area contributed by atoms with Crippen LogP contribution in [0.1, 0.15) is 5.56 Å². The van der Waals surface area contributed by atoms with Gasteiger partial charge in [0.15, 0.2) is 11.5 Å². The first-order valence-electron chi connectivity index (χ1n) is 5.11. The third-order valence-corrected chi connectivity index (χ3v) is 2.25. The molecular weight excluding hydrogens is 190 g/mol. The summed E-state index contributed by atoms with van der Waals surface area (Å²) in [6.45, 7) is 6.50. The predicted octanol–water partition coefficient (Wildman–Crippen LogP) is 1.73. The molecule has 0 saturated heterocycles. The van der Waals surface area contributed by atoms with E-state index < -0.39 is 0 Å². The first-order valence-corrected chi connectivity index (χ1v) is 5.11. The van der Waals surface area contributed by atoms with Gasteiger partial charge in [0.25, 0.3) is 0 Å². The minimum Gasteiger partial charge on any atom is -0.486 e. The van der Waals surface area contributed by atoms with E-state index in [9.17, 15) is 0 Å². The lowest BCUT2D eigenvalue weighted by Gasteiger charge is -2.20. The van der Waals surface area contributed by atoms with Gasteiger partial charge in [0.05, 0.1) is 0 Å². The molecule has 3 heteroatoms. The average molecular weight is 205 g/mol. The molecule has 0 aliphatic carbocycles. The van der Waals surface area contributed by atoms with E-state index in [2.05, 4.69) is 11.9 Å². The fourth-order valence-corrected chi connectivity index (χ4v) is 1.58. The van der Waals surface area contributed by atoms with Crippen LogP contribution in [0.5, 0.6) is 11.5 Å². The molecule has 80 valence electrons. The van der Waals surface area contributed by atoms with Crippen LogP contribution in [-0.2, 0) is 6.54 Å². The van der Waals surface area contributed by atoms with Crippen molar-refractivity contribution in [3.05, 3.63) is 36.4 Å². The standard InChI is InChI=1S/C12H15NO2/c1-2-6-13-9-10-4-3-5-11-12(10)15-8-7-14-11/h2-5,13H,1,6-9H2. The van der Waals surface area contributed by atoms with Gasteiger partial charge in [-0.25, -0.2) is 0 Å². The number of para-hydroxylation sites is 1. The van der Waals surface area contributed by atoms with Crippen LogP contribution in [0.4, 0.5) is 0 Å². The number of benzene rings is 1. The Morgan fingerprint density at radius 1 is 1.33 bits per heavy atom. The smallest absolute Gasteiger partial charge is 0.165 e. The summed E-state index contributed by atoms with van der Waals surface area (Å²) in [5.41, 5.74) is 1.13. The van der Waals surface area contributed by atoms with Gasteiger partial charge in [-0.15, -0.1) is 6.58 Å². The van der Waals surface area contributed by atoms with Gasteiger partial charge in [0.2, 0.25) is 0 Å². The molecule has 0 aromatic heterocycles. The molecule has 1 aliphatic rings. The maximum atomic E-state index is 5.59. The van der Waals surface area contributed by atoms with Crippen LogP contribution in [-0.4, -0.2) is 19.8 Å². The molecule has 1 aliphatic heterocycles. The molecule has 0 saturated carbocycles. The summed E-state index contributed by atoms with van der Waals surface area (Å²) in [6.07, 6.45) is 1.84. The van der Waals surface area contributed by atoms with E-state index >= 15 is 0 Å². The lowest BCUT2D eigenvalue weighted by Crippen LogP contribution is -2.19. The molecule has 1 heterocycles. The summed E-state index contributed by atoms with van der Waals surface area (Å²) in [6, 6.07) is 5.97. The summed E-state index contributed by atoms with van der Waals surface area (Å²) in [5.74, 6) is 1.72. The molecule has 0 radical (unpaired) electrons. The molecule has 1 aromatic carbocycles. The van der Waals surface area contributed by atoms with Crippen LogP contribution in [0.15, 0.2) is 30.9 Å². The van der Waals surface area contributed by atoms with E-state index in [1.54, 1.807) is 0 Å². The zero-order chi connectivity index (χ0) is 10.5. The Morgan fingerprint density at radius 2 is 2.20 bits per heavy atom. The second kappa shape index (κ2) is 4.84. The van der Waals surface area contributed by atoms with Gasteiger partial charge in [0, 0.05) is 18.7 Å². The fourth-order valence-electron chi connectivity index (χ4n) is 1.58. The Balaban J connectivity index is 2.12. The first-order chi connectivity index (χ1) is 7.42. The Morgan fingerprint density at radius 3 is 3.07 bits per heavy atom. The molecule has 0 spiro atoms. The summed E-state index contributed by atoms with van der Waals surface area (Å²) in [5, 5.41) is 3.25. The van der Waals surface area contributed by atoms with Crippen molar-refractivity contribution in [3.63, 3.8) is 0 Å². The summed E-state index contributed by atoms with van der Waals surface area (Å²) in [7, 11) is 0. The highest BCUT2D eigenvalue weighted by Crippen LogP contribution is 2.33. The topological polar surface area (TPSA) is 30.5 Å². The molecule has 0 bridgehead atoms. The van der Waals surface area contributed by atoms with E-state index in [4.69, 9.17) is 9.47 Å². The maximum Gasteiger partial charge on any atom is 0.165 e. The van der Waals surface area contributed by atoms with Crippen molar-refractivity contribution in [2.24, 2.45) is 0 Å². The van der Waals surface area contributed by atoms with Crippen molar-refractivity contribution < 1.29 is 9.47 Å². The number of hydrogen-bond donors (Lipinski definition) is 1. The van der Waals surface area contributed by atoms with E-state index in [0.29, 0.717) is 13.2 Å². The van der Waals surface area contributed by atoms with Crippen molar-refractivity contribution >= 4 is 0 Å². The molecule has 0 amide bonds. The largest absolute Gasteiger partial charge is 0.486 e. The number of ether oxygens (including phenoxy) is 2. The zero-order valence-corrected chi connectivity index (χ0v) is 8.66. The van der Waals surface area contributed by atoms with Gasteiger partial charge in [-0.1, -0.05) is 18.2 Å². The van der Waals surface area contributed by atoms with Gasteiger partial charge < -0.3 is 14.8 Å². The summed E-state index contributed by atoms with van der Waals surface area (Å²) >= 11 is 0. The SMILES string of the molecule is C=CCNCc1cccc2c1OCCO2. The molecule has 0 unspecified atom stereocenters. The Kier molecular flexibility index (Phi) is 3.25. The Hall–Kier alpha value is -1.48. The number of hydrogen-bond acceptors (Lipinski definition) is 3. The average Bonchev–Trinajstić information content (AvgIpc) is 2.30. The number of fused-ring (bicyclic) bond motifs is 1. The molecule has 2 rings (SSSR count). The van der Waals surface area contributed by atoms with Crippen LogP contribution in [0.2, 0.25) is 0 Å². The fraction of sp³-hybridized carbons (Fsp3) is 0.333. The summed E-state index contributed by atoms with van der Waals surface area (Å²) in [4.78, 5) is 0. The molecule has 0 fully saturated rings. The van der Waals surface area contributed by atoms with Crippen LogP contribution < -0.4 is 14.8 Å². The van der Waals surface area contributed by atoms with E-state index in [1.807, 2.05) is 24.3 Å². The summed E-state index contributed by atoms with van der Waals surface area (Å²) < 4.78 is 11.1. The molecule has 1 aromatic rings.